The minimum atomic E-state index is -0.0557. The van der Waals surface area contributed by atoms with Crippen molar-refractivity contribution in [3.05, 3.63) is 35.7 Å². The third-order valence-corrected chi connectivity index (χ3v) is 1.96. The molecule has 13 heavy (non-hydrogen) atoms. The van der Waals surface area contributed by atoms with Crippen LogP contribution in [0, 0.1) is 5.21 Å². The van der Waals surface area contributed by atoms with Gasteiger partial charge in [0.2, 0.25) is 0 Å². The minimum Gasteiger partial charge on any atom is -0.710 e. The van der Waals surface area contributed by atoms with E-state index in [0.717, 1.165) is 6.20 Å². The Kier molecular flexibility index (Phi) is 1.48. The zero-order valence-electron chi connectivity index (χ0n) is 6.77. The highest BCUT2D eigenvalue weighted by molar-refractivity contribution is 5.93. The lowest BCUT2D eigenvalue weighted by Gasteiger charge is -2.08. The molecule has 0 aliphatic heterocycles. The second-order valence-corrected chi connectivity index (χ2v) is 2.77. The molecule has 0 radical (unpaired) electrons. The van der Waals surface area contributed by atoms with Gasteiger partial charge in [-0.05, 0) is 6.07 Å². The van der Waals surface area contributed by atoms with Crippen LogP contribution in [-0.4, -0.2) is 5.11 Å². The minimum absolute atomic E-state index is 0.0557. The van der Waals surface area contributed by atoms with E-state index in [9.17, 15) is 10.3 Å². The van der Waals surface area contributed by atoms with Gasteiger partial charge in [0.1, 0.15) is 6.20 Å². The third kappa shape index (κ3) is 1.03. The van der Waals surface area contributed by atoms with Crippen LogP contribution in [0.2, 0.25) is 0 Å². The van der Waals surface area contributed by atoms with Crippen LogP contribution in [0.4, 0.5) is 5.82 Å². The van der Waals surface area contributed by atoms with Gasteiger partial charge in [-0.1, -0.05) is 18.2 Å². The molecular weight excluding hydrogens is 168 g/mol. The molecule has 0 saturated heterocycles. The summed E-state index contributed by atoms with van der Waals surface area (Å²) in [5.41, 5.74) is 5.53. The van der Waals surface area contributed by atoms with Crippen molar-refractivity contribution >= 4 is 16.6 Å². The Morgan fingerprint density at radius 1 is 1.23 bits per heavy atom. The highest BCUT2D eigenvalue weighted by Gasteiger charge is 2.08. The average Bonchev–Trinajstić information content (AvgIpc) is 2.15. The fourth-order valence-electron chi connectivity index (χ4n) is 1.30. The first-order valence-electron chi connectivity index (χ1n) is 3.79. The van der Waals surface area contributed by atoms with Gasteiger partial charge in [-0.3, -0.25) is 5.73 Å². The quantitative estimate of drug-likeness (QED) is 0.459. The summed E-state index contributed by atoms with van der Waals surface area (Å²) >= 11 is 0. The maximum absolute atomic E-state index is 11.1. The predicted octanol–water partition coefficient (Wildman–Crippen LogP) is 0.761. The second-order valence-electron chi connectivity index (χ2n) is 2.77. The number of nitrogens with two attached hydrogens (primary N) is 1. The van der Waals surface area contributed by atoms with Gasteiger partial charge in [0.15, 0.2) is 5.75 Å². The molecule has 0 unspecified atom stereocenters. The summed E-state index contributed by atoms with van der Waals surface area (Å²) in [6.07, 6.45) is 1.05. The summed E-state index contributed by atoms with van der Waals surface area (Å²) in [5.74, 6) is 0.0493. The topological polar surface area (TPSA) is 73.2 Å². The van der Waals surface area contributed by atoms with E-state index in [2.05, 4.69) is 0 Å². The van der Waals surface area contributed by atoms with E-state index < -0.39 is 0 Å². The van der Waals surface area contributed by atoms with Crippen molar-refractivity contribution in [2.45, 2.75) is 0 Å². The van der Waals surface area contributed by atoms with E-state index in [1.807, 2.05) is 0 Å². The number of nitrogens with zero attached hydrogens (tertiary/aromatic N) is 1. The lowest BCUT2D eigenvalue weighted by Crippen LogP contribution is -2.29. The number of hydrogen-bond donors (Lipinski definition) is 2. The number of benzene rings is 1. The van der Waals surface area contributed by atoms with Crippen molar-refractivity contribution in [3.63, 3.8) is 0 Å². The maximum atomic E-state index is 11.1. The van der Waals surface area contributed by atoms with Crippen molar-refractivity contribution in [2.24, 2.45) is 0 Å². The van der Waals surface area contributed by atoms with Gasteiger partial charge >= 0.3 is 0 Å². The lowest BCUT2D eigenvalue weighted by molar-refractivity contribution is -0.589. The number of fused-ring (bicyclic) bond motifs is 1. The van der Waals surface area contributed by atoms with Crippen LogP contribution in [0.15, 0.2) is 30.5 Å². The fourth-order valence-corrected chi connectivity index (χ4v) is 1.30. The largest absolute Gasteiger partial charge is 0.710 e. The van der Waals surface area contributed by atoms with Crippen LogP contribution >= 0.6 is 0 Å². The van der Waals surface area contributed by atoms with Crippen molar-refractivity contribution in [1.29, 1.82) is 0 Å². The van der Waals surface area contributed by atoms with Crippen LogP contribution < -0.4 is 10.5 Å². The number of hydrogen-bond acceptors (Lipinski definition) is 3. The van der Waals surface area contributed by atoms with Crippen LogP contribution in [0.3, 0.4) is 0 Å². The normalized spacial score (nSPS) is 10.5. The number of aromatic nitrogens is 1. The van der Waals surface area contributed by atoms with Gasteiger partial charge in [-0.15, -0.1) is 0 Å². The molecule has 2 rings (SSSR count). The molecule has 0 aliphatic rings. The molecule has 4 nitrogen and oxygen atoms in total. The molecule has 4 heteroatoms. The molecule has 0 bridgehead atoms. The third-order valence-electron chi connectivity index (χ3n) is 1.96. The summed E-state index contributed by atoms with van der Waals surface area (Å²) in [4.78, 5) is 0. The van der Waals surface area contributed by atoms with E-state index >= 15 is 0 Å². The SMILES string of the molecule is Nc1c2ccccc2c(O)c[n+]1[O-]. The molecule has 0 atom stereocenters. The molecule has 2 aromatic rings. The highest BCUT2D eigenvalue weighted by Crippen LogP contribution is 2.25. The summed E-state index contributed by atoms with van der Waals surface area (Å²) in [7, 11) is 0. The Balaban J connectivity index is 2.97. The zero-order valence-corrected chi connectivity index (χ0v) is 6.77. The van der Waals surface area contributed by atoms with Crippen molar-refractivity contribution in [3.8, 4) is 5.75 Å². The van der Waals surface area contributed by atoms with E-state index in [0.29, 0.717) is 15.5 Å². The predicted molar refractivity (Wildman–Crippen MR) is 49.0 cm³/mol. The van der Waals surface area contributed by atoms with Gasteiger partial charge in [0, 0.05) is 5.39 Å². The Morgan fingerprint density at radius 2 is 1.85 bits per heavy atom. The second kappa shape index (κ2) is 2.52. The van der Waals surface area contributed by atoms with Crippen LogP contribution in [0.25, 0.3) is 10.8 Å². The first-order chi connectivity index (χ1) is 6.20. The molecule has 3 N–H and O–H groups in total. The monoisotopic (exact) mass is 176 g/mol. The summed E-state index contributed by atoms with van der Waals surface area (Å²) in [6, 6.07) is 6.94. The van der Waals surface area contributed by atoms with Gasteiger partial charge in [0.25, 0.3) is 5.82 Å². The molecule has 0 spiro atoms. The van der Waals surface area contributed by atoms with Gasteiger partial charge in [-0.2, -0.15) is 0 Å². The molecule has 1 aromatic heterocycles. The molecule has 0 saturated carbocycles. The van der Waals surface area contributed by atoms with Crippen LogP contribution in [0.5, 0.6) is 5.75 Å². The first-order valence-corrected chi connectivity index (χ1v) is 3.79. The van der Waals surface area contributed by atoms with E-state index in [4.69, 9.17) is 5.73 Å². The molecule has 0 amide bonds. The summed E-state index contributed by atoms with van der Waals surface area (Å²) in [6.45, 7) is 0. The molecule has 1 heterocycles. The molecule has 0 aliphatic carbocycles. The van der Waals surface area contributed by atoms with Crippen molar-refractivity contribution < 1.29 is 9.84 Å². The number of anilines is 1. The summed E-state index contributed by atoms with van der Waals surface area (Å²) < 4.78 is 0.456. The van der Waals surface area contributed by atoms with Crippen molar-refractivity contribution in [2.75, 3.05) is 5.73 Å². The number of aromatic hydroxyl groups is 1. The fraction of sp³-hybridized carbons (Fsp3) is 0. The van der Waals surface area contributed by atoms with Crippen LogP contribution in [-0.2, 0) is 0 Å². The Labute approximate surface area is 74.4 Å². The van der Waals surface area contributed by atoms with Crippen molar-refractivity contribution in [1.82, 2.24) is 0 Å². The molecular formula is C9H8N2O2. The number of nitrogen functional groups attached to an aromatic ring is 1. The zero-order chi connectivity index (χ0) is 9.42. The summed E-state index contributed by atoms with van der Waals surface area (Å²) in [5, 5.41) is 21.6. The smallest absolute Gasteiger partial charge is 0.283 e. The van der Waals surface area contributed by atoms with E-state index in [1.54, 1.807) is 24.3 Å². The first kappa shape index (κ1) is 7.67. The molecule has 1 aromatic carbocycles. The standard InChI is InChI=1S/C9H8N2O2/c10-9-7-4-2-1-3-6(7)8(12)5-11(9)13/h1-5,12H,10H2. The van der Waals surface area contributed by atoms with E-state index in [-0.39, 0.29) is 11.6 Å². The Hall–Kier alpha value is -1.97. The molecule has 0 fully saturated rings. The maximum Gasteiger partial charge on any atom is 0.283 e. The highest BCUT2D eigenvalue weighted by atomic mass is 16.5. The Morgan fingerprint density at radius 3 is 2.54 bits per heavy atom. The lowest BCUT2D eigenvalue weighted by atomic mass is 10.1. The van der Waals surface area contributed by atoms with Gasteiger partial charge in [0.05, 0.1) is 5.39 Å². The van der Waals surface area contributed by atoms with Gasteiger partial charge < -0.3 is 10.3 Å². The van der Waals surface area contributed by atoms with Gasteiger partial charge in [-0.25, -0.2) is 4.73 Å². The van der Waals surface area contributed by atoms with E-state index in [1.165, 1.54) is 0 Å². The average molecular weight is 176 g/mol. The molecule has 66 valence electrons. The Bertz CT molecular complexity index is 468. The van der Waals surface area contributed by atoms with Crippen LogP contribution in [0.1, 0.15) is 0 Å². The number of rotatable bonds is 0. The number of pyridine rings is 1.